The van der Waals surface area contributed by atoms with Gasteiger partial charge >= 0.3 is 0 Å². The molecule has 0 bridgehead atoms. The fourth-order valence-electron chi connectivity index (χ4n) is 11.4. The molecule has 3 aliphatic rings. The monoisotopic (exact) mass is 1270 g/mol. The van der Waals surface area contributed by atoms with Crippen LogP contribution < -0.4 is 5.32 Å². The van der Waals surface area contributed by atoms with Crippen LogP contribution in [0, 0.1) is 0 Å². The van der Waals surface area contributed by atoms with Crippen molar-refractivity contribution in [2.75, 3.05) is 26.4 Å². The molecule has 19 nitrogen and oxygen atoms in total. The Hall–Kier alpha value is -2.77. The van der Waals surface area contributed by atoms with Gasteiger partial charge in [0.2, 0.25) is 5.91 Å². The molecule has 19 heteroatoms. The first kappa shape index (κ1) is 80.5. The molecule has 0 aromatic rings. The van der Waals surface area contributed by atoms with Gasteiger partial charge in [0.1, 0.15) is 73.2 Å². The van der Waals surface area contributed by atoms with Gasteiger partial charge in [0.15, 0.2) is 18.9 Å². The normalized spacial score (nSPS) is 28.7. The molecule has 89 heavy (non-hydrogen) atoms. The Morgan fingerprint density at radius 3 is 1.21 bits per heavy atom. The first-order chi connectivity index (χ1) is 43.3. The summed E-state index contributed by atoms with van der Waals surface area (Å²) in [5.74, 6) is -0.250. The molecule has 3 rings (SSSR count). The average molecular weight is 1270 g/mol. The number of carbonyl (C=O) groups excluding carboxylic acids is 1. The molecule has 17 unspecified atom stereocenters. The maximum atomic E-state index is 13.3. The molecule has 3 fully saturated rings. The zero-order valence-electron chi connectivity index (χ0n) is 54.4. The molecule has 17 atom stereocenters. The molecule has 0 aromatic heterocycles. The summed E-state index contributed by atoms with van der Waals surface area (Å²) in [5.41, 5.74) is 0. The van der Waals surface area contributed by atoms with Gasteiger partial charge in [-0.15, -0.1) is 0 Å². The van der Waals surface area contributed by atoms with Crippen LogP contribution in [0.5, 0.6) is 0 Å². The second-order valence-corrected chi connectivity index (χ2v) is 24.6. The summed E-state index contributed by atoms with van der Waals surface area (Å²) >= 11 is 0. The van der Waals surface area contributed by atoms with Crippen molar-refractivity contribution < 1.29 is 89.4 Å². The molecule has 3 saturated heterocycles. The summed E-state index contributed by atoms with van der Waals surface area (Å²) in [5, 5.41) is 120. The van der Waals surface area contributed by atoms with Crippen LogP contribution in [0.25, 0.3) is 0 Å². The molecule has 0 saturated carbocycles. The predicted octanol–water partition coefficient (Wildman–Crippen LogP) is 8.94. The van der Waals surface area contributed by atoms with E-state index in [0.717, 1.165) is 89.9 Å². The van der Waals surface area contributed by atoms with E-state index >= 15 is 0 Å². The number of aliphatic hydroxyl groups excluding tert-OH is 11. The standard InChI is InChI=1S/C70H123NO18/c1-3-5-7-9-10-11-12-13-14-15-16-17-18-19-20-21-22-23-24-25-26-27-28-29-30-31-32-33-34-35-36-37-38-39-40-41-42-44-46-48-58(76)71-53(54(75)47-45-43-8-6-4-2)52-84-68-64(82)61(79)66(56(50-73)86-68)89-70-65(83)62(80)67(57(51-74)87-70)88-69-63(81)60(78)59(77)55(49-72)85-69/h5,7,10-11,13-14,16-17,19-20,22-23,53-57,59-70,72-75,77-83H,3-4,6,8-9,12,15,18,21,24-52H2,1-2H3,(H,71,76)/b7-5-,11-10-,14-13-,17-16-,20-19-,23-22-. The highest BCUT2D eigenvalue weighted by Gasteiger charge is 2.53. The maximum absolute atomic E-state index is 13.3. The van der Waals surface area contributed by atoms with Crippen LogP contribution in [0.2, 0.25) is 0 Å². The third-order valence-electron chi connectivity index (χ3n) is 17.0. The SMILES string of the molecule is CC/C=C\C/C=C\C/C=C\C/C=C\C/C=C\C/C=C\CCCCCCCCCCCCCCCCCCCCCCC(=O)NC(COC1OC(CO)C(OC2OC(CO)C(OC3OC(CO)C(O)C(O)C3O)C(O)C2O)C(O)C1O)C(O)CCCCCCC. The van der Waals surface area contributed by atoms with Crippen molar-refractivity contribution in [3.63, 3.8) is 0 Å². The van der Waals surface area contributed by atoms with Crippen molar-refractivity contribution in [1.82, 2.24) is 5.32 Å². The topological polar surface area (TPSA) is 307 Å². The van der Waals surface area contributed by atoms with Crippen molar-refractivity contribution in [3.8, 4) is 0 Å². The van der Waals surface area contributed by atoms with Gasteiger partial charge in [-0.3, -0.25) is 4.79 Å². The minimum atomic E-state index is -1.97. The highest BCUT2D eigenvalue weighted by Crippen LogP contribution is 2.33. The van der Waals surface area contributed by atoms with Gasteiger partial charge in [-0.2, -0.15) is 0 Å². The van der Waals surface area contributed by atoms with Gasteiger partial charge in [0.05, 0.1) is 38.6 Å². The van der Waals surface area contributed by atoms with Crippen molar-refractivity contribution in [2.45, 2.75) is 336 Å². The van der Waals surface area contributed by atoms with Crippen LogP contribution in [-0.2, 0) is 33.2 Å². The van der Waals surface area contributed by atoms with E-state index in [1.807, 2.05) is 0 Å². The zero-order chi connectivity index (χ0) is 64.7. The lowest BCUT2D eigenvalue weighted by Crippen LogP contribution is -2.66. The lowest BCUT2D eigenvalue weighted by molar-refractivity contribution is -0.379. The minimum absolute atomic E-state index is 0.250. The number of unbranched alkanes of at least 4 members (excludes halogenated alkanes) is 24. The molecule has 0 aromatic carbocycles. The van der Waals surface area contributed by atoms with Crippen LogP contribution in [0.3, 0.4) is 0 Å². The number of hydrogen-bond donors (Lipinski definition) is 12. The van der Waals surface area contributed by atoms with Crippen molar-refractivity contribution in [3.05, 3.63) is 72.9 Å². The number of aliphatic hydroxyl groups is 11. The smallest absolute Gasteiger partial charge is 0.220 e. The van der Waals surface area contributed by atoms with Gasteiger partial charge in [-0.1, -0.05) is 234 Å². The van der Waals surface area contributed by atoms with Crippen molar-refractivity contribution in [1.29, 1.82) is 0 Å². The predicted molar refractivity (Wildman–Crippen MR) is 346 cm³/mol. The second kappa shape index (κ2) is 51.6. The Labute approximate surface area is 534 Å². The molecule has 0 spiro atoms. The van der Waals surface area contributed by atoms with Gasteiger partial charge in [-0.25, -0.2) is 0 Å². The van der Waals surface area contributed by atoms with E-state index < -0.39 is 124 Å². The molecular formula is C70H123NO18. The lowest BCUT2D eigenvalue weighted by atomic mass is 9.96. The summed E-state index contributed by atoms with van der Waals surface area (Å²) in [7, 11) is 0. The molecule has 0 aliphatic carbocycles. The van der Waals surface area contributed by atoms with E-state index in [1.54, 1.807) is 0 Å². The van der Waals surface area contributed by atoms with E-state index in [0.29, 0.717) is 12.8 Å². The van der Waals surface area contributed by atoms with E-state index in [-0.39, 0.29) is 18.9 Å². The first-order valence-electron chi connectivity index (χ1n) is 34.7. The van der Waals surface area contributed by atoms with Gasteiger partial charge in [-0.05, 0) is 64.2 Å². The van der Waals surface area contributed by atoms with Crippen LogP contribution in [-0.4, -0.2) is 193 Å². The van der Waals surface area contributed by atoms with Crippen LogP contribution in [0.1, 0.15) is 232 Å². The molecule has 0 radical (unpaired) electrons. The van der Waals surface area contributed by atoms with E-state index in [4.69, 9.17) is 28.4 Å². The molecular weight excluding hydrogens is 1140 g/mol. The number of rotatable bonds is 52. The number of amides is 1. The van der Waals surface area contributed by atoms with Gasteiger partial charge < -0.3 is 89.9 Å². The zero-order valence-corrected chi connectivity index (χ0v) is 54.4. The fourth-order valence-corrected chi connectivity index (χ4v) is 11.4. The van der Waals surface area contributed by atoms with E-state index in [9.17, 15) is 61.0 Å². The Balaban J connectivity index is 1.23. The molecule has 516 valence electrons. The Kier molecular flexibility index (Phi) is 46.7. The third-order valence-corrected chi connectivity index (χ3v) is 17.0. The van der Waals surface area contributed by atoms with Crippen molar-refractivity contribution in [2.24, 2.45) is 0 Å². The Morgan fingerprint density at radius 2 is 0.775 bits per heavy atom. The van der Waals surface area contributed by atoms with E-state index in [1.165, 1.54) is 109 Å². The molecule has 3 aliphatic heterocycles. The number of ether oxygens (including phenoxy) is 6. The van der Waals surface area contributed by atoms with Crippen LogP contribution >= 0.6 is 0 Å². The summed E-state index contributed by atoms with van der Waals surface area (Å²) in [6, 6.07) is -0.884. The second-order valence-electron chi connectivity index (χ2n) is 24.6. The highest BCUT2D eigenvalue weighted by atomic mass is 16.8. The van der Waals surface area contributed by atoms with Gasteiger partial charge in [0.25, 0.3) is 0 Å². The number of nitrogens with one attached hydrogen (secondary N) is 1. The largest absolute Gasteiger partial charge is 0.394 e. The summed E-state index contributed by atoms with van der Waals surface area (Å²) in [6.45, 7) is 1.57. The average Bonchev–Trinajstić information content (AvgIpc) is 2.72. The van der Waals surface area contributed by atoms with Crippen LogP contribution in [0.15, 0.2) is 72.9 Å². The molecule has 12 N–H and O–H groups in total. The Morgan fingerprint density at radius 1 is 0.416 bits per heavy atom. The first-order valence-corrected chi connectivity index (χ1v) is 34.7. The summed E-state index contributed by atoms with van der Waals surface area (Å²) in [4.78, 5) is 13.3. The minimum Gasteiger partial charge on any atom is -0.394 e. The summed E-state index contributed by atoms with van der Waals surface area (Å²) < 4.78 is 34.2. The highest BCUT2D eigenvalue weighted by molar-refractivity contribution is 5.76. The number of hydrogen-bond acceptors (Lipinski definition) is 18. The molecule has 3 heterocycles. The third kappa shape index (κ3) is 33.8. The van der Waals surface area contributed by atoms with Crippen molar-refractivity contribution >= 4 is 5.91 Å². The fraction of sp³-hybridized carbons (Fsp3) is 0.814. The number of carbonyl (C=O) groups is 1. The quantitative estimate of drug-likeness (QED) is 0.0200. The van der Waals surface area contributed by atoms with Gasteiger partial charge in [0, 0.05) is 6.42 Å². The lowest BCUT2D eigenvalue weighted by Gasteiger charge is -2.48. The Bertz CT molecular complexity index is 1900. The van der Waals surface area contributed by atoms with Crippen LogP contribution in [0.4, 0.5) is 0 Å². The molecule has 1 amide bonds. The summed E-state index contributed by atoms with van der Waals surface area (Å²) in [6.07, 6.45) is 38.2. The maximum Gasteiger partial charge on any atom is 0.220 e. The van der Waals surface area contributed by atoms with E-state index in [2.05, 4.69) is 92.1 Å². The number of allylic oxidation sites excluding steroid dienone is 12.